The molecule has 132 valence electrons. The van der Waals surface area contributed by atoms with E-state index in [0.717, 1.165) is 0 Å². The molecule has 0 fully saturated rings. The van der Waals surface area contributed by atoms with Crippen LogP contribution in [0.5, 0.6) is 0 Å². The first-order chi connectivity index (χ1) is 11.9. The number of amidine groups is 1. The highest BCUT2D eigenvalue weighted by atomic mass is 32.2. The molecule has 1 aliphatic carbocycles. The van der Waals surface area contributed by atoms with Gasteiger partial charge in [0.25, 0.3) is 0 Å². The number of Topliss-reactive ketones (excluding diaryl/α,β-unsaturated/α-hetero) is 2. The Kier molecular flexibility index (Phi) is 6.52. The van der Waals surface area contributed by atoms with Gasteiger partial charge < -0.3 is 11.1 Å². The minimum Gasteiger partial charge on any atom is -0.379 e. The van der Waals surface area contributed by atoms with Crippen molar-refractivity contribution >= 4 is 34.4 Å². The predicted molar refractivity (Wildman–Crippen MR) is 99.0 cm³/mol. The number of ketones is 2. The minimum atomic E-state index is -0.168. The third-order valence-electron chi connectivity index (χ3n) is 3.99. The summed E-state index contributed by atoms with van der Waals surface area (Å²) in [4.78, 5) is 36.9. The van der Waals surface area contributed by atoms with Gasteiger partial charge in [-0.1, -0.05) is 36.0 Å². The van der Waals surface area contributed by atoms with Gasteiger partial charge in [0.2, 0.25) is 5.91 Å². The van der Waals surface area contributed by atoms with Crippen molar-refractivity contribution in [3.8, 4) is 0 Å². The molecule has 0 aliphatic heterocycles. The van der Waals surface area contributed by atoms with Crippen LogP contribution < -0.4 is 11.1 Å². The maximum absolute atomic E-state index is 12.6. The molecule has 0 aromatic heterocycles. The van der Waals surface area contributed by atoms with Crippen LogP contribution in [-0.2, 0) is 4.79 Å². The Morgan fingerprint density at radius 3 is 2.48 bits per heavy atom. The van der Waals surface area contributed by atoms with Gasteiger partial charge in [-0.15, -0.1) is 0 Å². The van der Waals surface area contributed by atoms with Gasteiger partial charge in [-0.25, -0.2) is 0 Å². The number of amides is 1. The molecule has 1 aliphatic rings. The summed E-state index contributed by atoms with van der Waals surface area (Å²) in [6.45, 7) is 2.13. The quantitative estimate of drug-likeness (QED) is 0.393. The summed E-state index contributed by atoms with van der Waals surface area (Å²) in [7, 11) is 0. The molecular formula is C18H21N3O3S. The number of rotatable bonds is 7. The SMILES string of the molecule is CC1=C(CCC(=O)NCCCSC(=N)N)C(=O)c2ccccc2C1=O. The number of benzene rings is 1. The largest absolute Gasteiger partial charge is 0.379 e. The highest BCUT2D eigenvalue weighted by Gasteiger charge is 2.29. The van der Waals surface area contributed by atoms with Crippen molar-refractivity contribution in [2.24, 2.45) is 5.73 Å². The number of fused-ring (bicyclic) bond motifs is 1. The molecule has 0 radical (unpaired) electrons. The molecule has 4 N–H and O–H groups in total. The van der Waals surface area contributed by atoms with Crippen molar-refractivity contribution in [3.63, 3.8) is 0 Å². The summed E-state index contributed by atoms with van der Waals surface area (Å²) >= 11 is 1.23. The van der Waals surface area contributed by atoms with E-state index in [0.29, 0.717) is 41.0 Å². The molecule has 25 heavy (non-hydrogen) atoms. The van der Waals surface area contributed by atoms with E-state index in [1.165, 1.54) is 11.8 Å². The maximum Gasteiger partial charge on any atom is 0.220 e. The Hall–Kier alpha value is -2.41. The van der Waals surface area contributed by atoms with Crippen LogP contribution in [0.25, 0.3) is 0 Å². The number of thioether (sulfide) groups is 1. The van der Waals surface area contributed by atoms with E-state index in [9.17, 15) is 14.4 Å². The number of nitrogens with one attached hydrogen (secondary N) is 2. The summed E-state index contributed by atoms with van der Waals surface area (Å²) in [5.41, 5.74) is 6.92. The van der Waals surface area contributed by atoms with Crippen molar-refractivity contribution in [2.75, 3.05) is 12.3 Å². The number of nitrogens with two attached hydrogens (primary N) is 1. The second-order valence-electron chi connectivity index (χ2n) is 5.72. The molecule has 0 bridgehead atoms. The lowest BCUT2D eigenvalue weighted by molar-refractivity contribution is -0.121. The van der Waals surface area contributed by atoms with Crippen molar-refractivity contribution in [1.82, 2.24) is 5.32 Å². The van der Waals surface area contributed by atoms with Gasteiger partial charge in [-0.05, 0) is 19.8 Å². The number of allylic oxidation sites excluding steroid dienone is 2. The van der Waals surface area contributed by atoms with Gasteiger partial charge in [0, 0.05) is 41.0 Å². The molecule has 7 heteroatoms. The molecule has 0 heterocycles. The van der Waals surface area contributed by atoms with E-state index < -0.39 is 0 Å². The van der Waals surface area contributed by atoms with E-state index in [-0.39, 0.29) is 35.5 Å². The zero-order valence-electron chi connectivity index (χ0n) is 14.1. The zero-order chi connectivity index (χ0) is 18.4. The fourth-order valence-corrected chi connectivity index (χ4v) is 3.17. The molecule has 1 aromatic carbocycles. The molecular weight excluding hydrogens is 338 g/mol. The van der Waals surface area contributed by atoms with Gasteiger partial charge in [-0.3, -0.25) is 19.8 Å². The zero-order valence-corrected chi connectivity index (χ0v) is 14.9. The first-order valence-electron chi connectivity index (χ1n) is 8.03. The summed E-state index contributed by atoms with van der Waals surface area (Å²) in [5, 5.41) is 9.93. The van der Waals surface area contributed by atoms with E-state index in [1.807, 2.05) is 0 Å². The van der Waals surface area contributed by atoms with Crippen molar-refractivity contribution in [3.05, 3.63) is 46.5 Å². The van der Waals surface area contributed by atoms with Gasteiger partial charge in [0.1, 0.15) is 0 Å². The number of hydrogen-bond donors (Lipinski definition) is 3. The van der Waals surface area contributed by atoms with Crippen LogP contribution >= 0.6 is 11.8 Å². The highest BCUT2D eigenvalue weighted by Crippen LogP contribution is 2.28. The van der Waals surface area contributed by atoms with E-state index >= 15 is 0 Å². The first kappa shape index (κ1) is 18.9. The Morgan fingerprint density at radius 1 is 1.20 bits per heavy atom. The third-order valence-corrected chi connectivity index (χ3v) is 4.79. The second-order valence-corrected chi connectivity index (χ2v) is 6.86. The molecule has 2 rings (SSSR count). The fraction of sp³-hybridized carbons (Fsp3) is 0.333. The van der Waals surface area contributed by atoms with Gasteiger partial charge in [-0.2, -0.15) is 0 Å². The first-order valence-corrected chi connectivity index (χ1v) is 9.02. The van der Waals surface area contributed by atoms with Crippen LogP contribution in [0, 0.1) is 5.41 Å². The van der Waals surface area contributed by atoms with Gasteiger partial charge >= 0.3 is 0 Å². The maximum atomic E-state index is 12.6. The normalized spacial score (nSPS) is 13.6. The summed E-state index contributed by atoms with van der Waals surface area (Å²) in [6.07, 6.45) is 1.12. The molecule has 0 saturated heterocycles. The van der Waals surface area contributed by atoms with E-state index in [2.05, 4.69) is 5.32 Å². The van der Waals surface area contributed by atoms with Crippen LogP contribution in [0.15, 0.2) is 35.4 Å². The lowest BCUT2D eigenvalue weighted by Gasteiger charge is -2.18. The molecule has 0 saturated carbocycles. The molecule has 1 amide bonds. The Bertz CT molecular complexity index is 756. The number of carbonyl (C=O) groups is 3. The fourth-order valence-electron chi connectivity index (χ4n) is 2.66. The second kappa shape index (κ2) is 8.62. The van der Waals surface area contributed by atoms with Crippen LogP contribution in [0.4, 0.5) is 0 Å². The summed E-state index contributed by atoms with van der Waals surface area (Å²) in [6, 6.07) is 6.77. The van der Waals surface area contributed by atoms with Gasteiger partial charge in [0.05, 0.1) is 0 Å². The Balaban J connectivity index is 1.89. The molecule has 0 unspecified atom stereocenters. The standard InChI is InChI=1S/C18H21N3O3S/c1-11-12(7-8-15(22)21-9-4-10-25-18(19)20)17(24)14-6-3-2-5-13(14)16(11)23/h2-3,5-6H,4,7-10H2,1H3,(H3,19,20)(H,21,22). The van der Waals surface area contributed by atoms with Crippen molar-refractivity contribution in [2.45, 2.75) is 26.2 Å². The Morgan fingerprint density at radius 2 is 1.84 bits per heavy atom. The average molecular weight is 359 g/mol. The molecule has 6 nitrogen and oxygen atoms in total. The summed E-state index contributed by atoms with van der Waals surface area (Å²) < 4.78 is 0. The van der Waals surface area contributed by atoms with E-state index in [1.54, 1.807) is 31.2 Å². The minimum absolute atomic E-state index is 0.0644. The number of carbonyl (C=O) groups excluding carboxylic acids is 3. The van der Waals surface area contributed by atoms with Crippen LogP contribution in [0.2, 0.25) is 0 Å². The third kappa shape index (κ3) is 4.79. The van der Waals surface area contributed by atoms with Crippen molar-refractivity contribution in [1.29, 1.82) is 5.41 Å². The van der Waals surface area contributed by atoms with Crippen molar-refractivity contribution < 1.29 is 14.4 Å². The monoisotopic (exact) mass is 359 g/mol. The average Bonchev–Trinajstić information content (AvgIpc) is 2.59. The van der Waals surface area contributed by atoms with Crippen LogP contribution in [0.3, 0.4) is 0 Å². The summed E-state index contributed by atoms with van der Waals surface area (Å²) in [5.74, 6) is 0.196. The van der Waals surface area contributed by atoms with E-state index in [4.69, 9.17) is 11.1 Å². The van der Waals surface area contributed by atoms with Crippen LogP contribution in [-0.4, -0.2) is 34.9 Å². The predicted octanol–water partition coefficient (Wildman–Crippen LogP) is 2.30. The lowest BCUT2D eigenvalue weighted by atomic mass is 9.83. The molecule has 1 aromatic rings. The smallest absolute Gasteiger partial charge is 0.220 e. The molecule has 0 spiro atoms. The highest BCUT2D eigenvalue weighted by molar-refractivity contribution is 8.13. The topological polar surface area (TPSA) is 113 Å². The van der Waals surface area contributed by atoms with Crippen LogP contribution in [0.1, 0.15) is 46.9 Å². The number of hydrogen-bond acceptors (Lipinski definition) is 5. The van der Waals surface area contributed by atoms with Gasteiger partial charge in [0.15, 0.2) is 16.7 Å². The Labute approximate surface area is 150 Å². The molecule has 0 atom stereocenters. The lowest BCUT2D eigenvalue weighted by Crippen LogP contribution is -2.26.